The number of pyridine rings is 1. The van der Waals surface area contributed by atoms with Crippen molar-refractivity contribution >= 4 is 28.9 Å². The van der Waals surface area contributed by atoms with E-state index in [-0.39, 0.29) is 11.2 Å². The molecule has 0 amide bonds. The fourth-order valence-electron chi connectivity index (χ4n) is 7.11. The first-order valence-electron chi connectivity index (χ1n) is 14.3. The highest BCUT2D eigenvalue weighted by Crippen LogP contribution is 2.48. The first-order chi connectivity index (χ1) is 18.7. The number of piperidine rings is 1. The van der Waals surface area contributed by atoms with Gasteiger partial charge >= 0.3 is 0 Å². The zero-order valence-electron chi connectivity index (χ0n) is 21.9. The van der Waals surface area contributed by atoms with Crippen LogP contribution in [0.3, 0.4) is 0 Å². The summed E-state index contributed by atoms with van der Waals surface area (Å²) in [5.41, 5.74) is 3.57. The van der Waals surface area contributed by atoms with E-state index in [1.165, 1.54) is 32.1 Å². The Morgan fingerprint density at radius 1 is 0.974 bits per heavy atom. The molecule has 1 saturated carbocycles. The zero-order chi connectivity index (χ0) is 25.5. The summed E-state index contributed by atoms with van der Waals surface area (Å²) in [5.74, 6) is 1.32. The Morgan fingerprint density at radius 2 is 1.79 bits per heavy atom. The van der Waals surface area contributed by atoms with E-state index >= 15 is 0 Å². The van der Waals surface area contributed by atoms with Gasteiger partial charge in [-0.15, -0.1) is 0 Å². The van der Waals surface area contributed by atoms with E-state index in [4.69, 9.17) is 9.72 Å². The summed E-state index contributed by atoms with van der Waals surface area (Å²) in [5, 5.41) is 7.89. The summed E-state index contributed by atoms with van der Waals surface area (Å²) >= 11 is 0. The van der Waals surface area contributed by atoms with Crippen molar-refractivity contribution in [2.75, 3.05) is 49.6 Å². The van der Waals surface area contributed by atoms with Crippen molar-refractivity contribution in [2.24, 2.45) is 0 Å². The van der Waals surface area contributed by atoms with Crippen LogP contribution in [-0.2, 0) is 10.2 Å². The first kappa shape index (κ1) is 24.0. The van der Waals surface area contributed by atoms with Gasteiger partial charge in [-0.05, 0) is 44.2 Å². The number of ether oxygens (including phenoxy) is 1. The molecule has 2 aliphatic carbocycles. The van der Waals surface area contributed by atoms with Gasteiger partial charge in [-0.25, -0.2) is 14.5 Å². The summed E-state index contributed by atoms with van der Waals surface area (Å²) in [4.78, 5) is 31.8. The van der Waals surface area contributed by atoms with Crippen molar-refractivity contribution < 1.29 is 9.53 Å². The average Bonchev–Trinajstić information content (AvgIpc) is 3.38. The van der Waals surface area contributed by atoms with Gasteiger partial charge in [-0.2, -0.15) is 10.1 Å². The monoisotopic (exact) mass is 516 g/mol. The van der Waals surface area contributed by atoms with Crippen molar-refractivity contribution in [1.82, 2.24) is 29.5 Å². The number of fused-ring (bicyclic) bond motifs is 4. The normalized spacial score (nSPS) is 22.6. The van der Waals surface area contributed by atoms with Crippen LogP contribution in [0.2, 0.25) is 0 Å². The Bertz CT molecular complexity index is 1300. The van der Waals surface area contributed by atoms with E-state index in [9.17, 15) is 4.79 Å². The van der Waals surface area contributed by atoms with Gasteiger partial charge in [0, 0.05) is 49.6 Å². The van der Waals surface area contributed by atoms with Crippen LogP contribution in [0.5, 0.6) is 0 Å². The van der Waals surface area contributed by atoms with E-state index in [0.29, 0.717) is 29.9 Å². The van der Waals surface area contributed by atoms with Crippen molar-refractivity contribution in [3.63, 3.8) is 0 Å². The minimum atomic E-state index is 0.0178. The molecule has 2 aliphatic heterocycles. The summed E-state index contributed by atoms with van der Waals surface area (Å²) in [6.07, 6.45) is 13.3. The molecule has 38 heavy (non-hydrogen) atoms. The molecule has 1 N–H and O–H groups in total. The van der Waals surface area contributed by atoms with Crippen LogP contribution < -0.4 is 10.2 Å². The summed E-state index contributed by atoms with van der Waals surface area (Å²) < 4.78 is 7.20. The van der Waals surface area contributed by atoms with E-state index in [1.807, 2.05) is 12.3 Å². The number of ketones is 1. The van der Waals surface area contributed by atoms with E-state index in [1.54, 1.807) is 10.8 Å². The van der Waals surface area contributed by atoms with Gasteiger partial charge in [0.15, 0.2) is 11.4 Å². The molecule has 1 spiro atoms. The van der Waals surface area contributed by atoms with Gasteiger partial charge in [-0.1, -0.05) is 19.3 Å². The minimum Gasteiger partial charge on any atom is -0.379 e. The Hall–Kier alpha value is -3.11. The molecule has 0 atom stereocenters. The predicted molar refractivity (Wildman–Crippen MR) is 144 cm³/mol. The molecular weight excluding hydrogens is 480 g/mol. The van der Waals surface area contributed by atoms with Gasteiger partial charge in [0.25, 0.3) is 0 Å². The third kappa shape index (κ3) is 4.33. The molecule has 10 heteroatoms. The minimum absolute atomic E-state index is 0.0178. The number of anilines is 3. The summed E-state index contributed by atoms with van der Waals surface area (Å²) in [6.45, 7) is 5.92. The van der Waals surface area contributed by atoms with E-state index in [2.05, 4.69) is 36.2 Å². The number of morpholine rings is 1. The highest BCUT2D eigenvalue weighted by Gasteiger charge is 2.44. The second-order valence-electron chi connectivity index (χ2n) is 11.3. The van der Waals surface area contributed by atoms with Gasteiger partial charge in [-0.3, -0.25) is 9.69 Å². The molecule has 2 saturated heterocycles. The van der Waals surface area contributed by atoms with Crippen LogP contribution in [0, 0.1) is 0 Å². The van der Waals surface area contributed by atoms with E-state index in [0.717, 1.165) is 75.6 Å². The van der Waals surface area contributed by atoms with Crippen molar-refractivity contribution in [3.8, 4) is 0 Å². The fraction of sp³-hybridized carbons (Fsp3) is 0.607. The van der Waals surface area contributed by atoms with Crippen LogP contribution in [0.25, 0.3) is 5.65 Å². The SMILES string of the molecule is O=C1CCC2(CCCCC2)c2c1nn1cnc(Nc3ccc(N4CCC(N5CCOCC5)CC4)cn3)nc21. The number of nitrogens with one attached hydrogen (secondary N) is 1. The maximum atomic E-state index is 12.8. The van der Waals surface area contributed by atoms with Crippen molar-refractivity contribution in [2.45, 2.75) is 69.2 Å². The molecule has 200 valence electrons. The highest BCUT2D eigenvalue weighted by molar-refractivity contribution is 5.99. The van der Waals surface area contributed by atoms with Gasteiger partial charge in [0.2, 0.25) is 5.95 Å². The van der Waals surface area contributed by atoms with Crippen LogP contribution in [0.1, 0.15) is 73.8 Å². The van der Waals surface area contributed by atoms with Crippen molar-refractivity contribution in [3.05, 3.63) is 35.9 Å². The number of carbonyl (C=O) groups excluding carboxylic acids is 1. The maximum absolute atomic E-state index is 12.8. The van der Waals surface area contributed by atoms with Crippen LogP contribution >= 0.6 is 0 Å². The third-order valence-electron chi connectivity index (χ3n) is 9.20. The zero-order valence-corrected chi connectivity index (χ0v) is 21.9. The number of hydrogen-bond acceptors (Lipinski definition) is 9. The quantitative estimate of drug-likeness (QED) is 0.556. The predicted octanol–water partition coefficient (Wildman–Crippen LogP) is 3.74. The standard InChI is InChI=1S/C28H36N8O2/c37-22-6-11-28(9-2-1-3-10-28)24-25(22)33-36-19-30-27(32-26(24)36)31-23-5-4-21(18-29-23)34-12-7-20(8-13-34)35-14-16-38-17-15-35/h4-5,18-20H,1-3,6-17H2,(H,29,31,32). The molecule has 4 aliphatic rings. The van der Waals surface area contributed by atoms with E-state index < -0.39 is 0 Å². The average molecular weight is 517 g/mol. The maximum Gasteiger partial charge on any atom is 0.231 e. The lowest BCUT2D eigenvalue weighted by atomic mass is 9.63. The molecule has 0 unspecified atom stereocenters. The molecule has 7 rings (SSSR count). The number of aromatic nitrogens is 5. The lowest BCUT2D eigenvalue weighted by Gasteiger charge is -2.40. The number of nitrogens with zero attached hydrogens (tertiary/aromatic N) is 7. The molecule has 5 heterocycles. The van der Waals surface area contributed by atoms with Gasteiger partial charge in [0.1, 0.15) is 17.8 Å². The Balaban J connectivity index is 1.07. The molecule has 0 bridgehead atoms. The van der Waals surface area contributed by atoms with Gasteiger partial charge in [0.05, 0.1) is 25.1 Å². The largest absolute Gasteiger partial charge is 0.379 e. The number of Topliss-reactive ketones (excluding diaryl/α,β-unsaturated/α-hetero) is 1. The van der Waals surface area contributed by atoms with Crippen LogP contribution in [0.15, 0.2) is 24.7 Å². The highest BCUT2D eigenvalue weighted by atomic mass is 16.5. The second-order valence-corrected chi connectivity index (χ2v) is 11.3. The molecule has 3 aromatic heterocycles. The molecule has 3 fully saturated rings. The lowest BCUT2D eigenvalue weighted by molar-refractivity contribution is 0.0115. The smallest absolute Gasteiger partial charge is 0.231 e. The Morgan fingerprint density at radius 3 is 2.55 bits per heavy atom. The second kappa shape index (κ2) is 9.89. The topological polar surface area (TPSA) is 101 Å². The first-order valence-corrected chi connectivity index (χ1v) is 14.3. The Labute approximate surface area is 222 Å². The molecular formula is C28H36N8O2. The van der Waals surface area contributed by atoms with Crippen LogP contribution in [-0.4, -0.2) is 80.7 Å². The molecule has 10 nitrogen and oxygen atoms in total. The number of carbonyl (C=O) groups is 1. The van der Waals surface area contributed by atoms with Gasteiger partial charge < -0.3 is 15.0 Å². The van der Waals surface area contributed by atoms with Crippen molar-refractivity contribution in [1.29, 1.82) is 0 Å². The lowest BCUT2D eigenvalue weighted by Crippen LogP contribution is -2.49. The molecule has 0 radical (unpaired) electrons. The number of hydrogen-bond donors (Lipinski definition) is 1. The van der Waals surface area contributed by atoms with Crippen LogP contribution in [0.4, 0.5) is 17.5 Å². The Kier molecular flexibility index (Phi) is 6.24. The summed E-state index contributed by atoms with van der Waals surface area (Å²) in [7, 11) is 0. The fourth-order valence-corrected chi connectivity index (χ4v) is 7.11. The molecule has 3 aromatic rings. The number of rotatable bonds is 4. The summed E-state index contributed by atoms with van der Waals surface area (Å²) in [6, 6.07) is 4.78. The molecule has 0 aromatic carbocycles. The third-order valence-corrected chi connectivity index (χ3v) is 9.20.